The Bertz CT molecular complexity index is 714. The molecule has 0 aliphatic heterocycles. The predicted molar refractivity (Wildman–Crippen MR) is 77.1 cm³/mol. The molecular formula is C17H12O4. The number of aldehydes is 1. The summed E-state index contributed by atoms with van der Waals surface area (Å²) >= 11 is 0. The van der Waals surface area contributed by atoms with Crippen LogP contribution in [0, 0.1) is 0 Å². The molecule has 0 radical (unpaired) electrons. The molecule has 0 N–H and O–H groups in total. The van der Waals surface area contributed by atoms with Gasteiger partial charge in [-0.15, -0.1) is 0 Å². The molecule has 2 aromatic carbocycles. The number of carbonyl (C=O) groups is 1. The molecule has 0 saturated heterocycles. The third kappa shape index (κ3) is 3.30. The molecule has 4 heteroatoms. The molecule has 0 aliphatic carbocycles. The number of benzene rings is 2. The largest absolute Gasteiger partial charge is 0.457 e. The number of ether oxygens (including phenoxy) is 2. The molecule has 0 fully saturated rings. The molecule has 1 aromatic heterocycles. The second-order valence-electron chi connectivity index (χ2n) is 4.26. The Morgan fingerprint density at radius 2 is 1.33 bits per heavy atom. The molecule has 21 heavy (non-hydrogen) atoms. The molecule has 4 nitrogen and oxygen atoms in total. The monoisotopic (exact) mass is 280 g/mol. The summed E-state index contributed by atoms with van der Waals surface area (Å²) in [4.78, 5) is 10.5. The van der Waals surface area contributed by atoms with Crippen LogP contribution in [0.5, 0.6) is 23.2 Å². The van der Waals surface area contributed by atoms with Crippen molar-refractivity contribution in [2.45, 2.75) is 0 Å². The molecular weight excluding hydrogens is 268 g/mol. The van der Waals surface area contributed by atoms with E-state index in [4.69, 9.17) is 13.9 Å². The van der Waals surface area contributed by atoms with Gasteiger partial charge in [0.05, 0.1) is 0 Å². The fourth-order valence-electron chi connectivity index (χ4n) is 1.77. The molecule has 0 aliphatic rings. The smallest absolute Gasteiger partial charge is 0.290 e. The molecule has 0 unspecified atom stereocenters. The summed E-state index contributed by atoms with van der Waals surface area (Å²) in [6.07, 6.45) is 0.629. The number of furan rings is 1. The van der Waals surface area contributed by atoms with E-state index in [1.807, 2.05) is 30.3 Å². The molecule has 104 valence electrons. The summed E-state index contributed by atoms with van der Waals surface area (Å²) in [6, 6.07) is 19.8. The number of hydrogen-bond donors (Lipinski definition) is 0. The van der Waals surface area contributed by atoms with Gasteiger partial charge in [0.2, 0.25) is 0 Å². The Balaban J connectivity index is 1.67. The maximum Gasteiger partial charge on any atom is 0.290 e. The standard InChI is InChI=1S/C17H12O4/c18-12-16-10-11-17(21-16)20-15-8-6-14(7-9-15)19-13-4-2-1-3-5-13/h1-12H. The molecule has 0 amide bonds. The van der Waals surface area contributed by atoms with E-state index in [1.54, 1.807) is 36.4 Å². The van der Waals surface area contributed by atoms with Crippen LogP contribution in [0.4, 0.5) is 0 Å². The zero-order valence-electron chi connectivity index (χ0n) is 11.1. The second kappa shape index (κ2) is 5.96. The molecule has 1 heterocycles. The second-order valence-corrected chi connectivity index (χ2v) is 4.26. The summed E-state index contributed by atoms with van der Waals surface area (Å²) < 4.78 is 16.3. The van der Waals surface area contributed by atoms with Crippen LogP contribution in [0.15, 0.2) is 71.1 Å². The van der Waals surface area contributed by atoms with Gasteiger partial charge in [0.25, 0.3) is 5.95 Å². The Kier molecular flexibility index (Phi) is 3.69. The SMILES string of the molecule is O=Cc1ccc(Oc2ccc(Oc3ccccc3)cc2)o1. The van der Waals surface area contributed by atoms with E-state index in [0.717, 1.165) is 5.75 Å². The van der Waals surface area contributed by atoms with Crippen molar-refractivity contribution in [1.82, 2.24) is 0 Å². The summed E-state index contributed by atoms with van der Waals surface area (Å²) in [5.74, 6) is 2.58. The number of hydrogen-bond acceptors (Lipinski definition) is 4. The first kappa shape index (κ1) is 13.0. The fraction of sp³-hybridized carbons (Fsp3) is 0. The first-order valence-corrected chi connectivity index (χ1v) is 6.39. The number of carbonyl (C=O) groups excluding carboxylic acids is 1. The minimum Gasteiger partial charge on any atom is -0.457 e. The quantitative estimate of drug-likeness (QED) is 0.637. The minimum absolute atomic E-state index is 0.231. The highest BCUT2D eigenvalue weighted by Gasteiger charge is 2.04. The van der Waals surface area contributed by atoms with E-state index in [9.17, 15) is 4.79 Å². The van der Waals surface area contributed by atoms with Crippen LogP contribution in [0.2, 0.25) is 0 Å². The lowest BCUT2D eigenvalue weighted by atomic mass is 10.3. The van der Waals surface area contributed by atoms with Gasteiger partial charge in [-0.2, -0.15) is 0 Å². The average Bonchev–Trinajstić information content (AvgIpc) is 2.98. The van der Waals surface area contributed by atoms with Gasteiger partial charge >= 0.3 is 0 Å². The van der Waals surface area contributed by atoms with Gasteiger partial charge in [0.15, 0.2) is 12.0 Å². The highest BCUT2D eigenvalue weighted by atomic mass is 16.6. The Morgan fingerprint density at radius 1 is 0.714 bits per heavy atom. The van der Waals surface area contributed by atoms with Crippen molar-refractivity contribution in [3.8, 4) is 23.2 Å². The third-order valence-corrected chi connectivity index (χ3v) is 2.74. The lowest BCUT2D eigenvalue weighted by Crippen LogP contribution is -1.85. The zero-order valence-corrected chi connectivity index (χ0v) is 11.1. The lowest BCUT2D eigenvalue weighted by molar-refractivity contribution is 0.109. The highest BCUT2D eigenvalue weighted by Crippen LogP contribution is 2.27. The average molecular weight is 280 g/mol. The van der Waals surface area contributed by atoms with Gasteiger partial charge < -0.3 is 13.9 Å². The van der Waals surface area contributed by atoms with E-state index in [1.165, 1.54) is 0 Å². The van der Waals surface area contributed by atoms with Gasteiger partial charge in [-0.3, -0.25) is 4.79 Å². The van der Waals surface area contributed by atoms with Crippen molar-refractivity contribution in [3.63, 3.8) is 0 Å². The fourth-order valence-corrected chi connectivity index (χ4v) is 1.77. The summed E-state index contributed by atoms with van der Waals surface area (Å²) in [5.41, 5.74) is 0. The third-order valence-electron chi connectivity index (χ3n) is 2.74. The van der Waals surface area contributed by atoms with Crippen LogP contribution in [-0.4, -0.2) is 6.29 Å². The lowest BCUT2D eigenvalue weighted by Gasteiger charge is -2.06. The van der Waals surface area contributed by atoms with Gasteiger partial charge in [-0.1, -0.05) is 18.2 Å². The van der Waals surface area contributed by atoms with Crippen molar-refractivity contribution >= 4 is 6.29 Å². The number of rotatable bonds is 5. The minimum atomic E-state index is 0.231. The Hall–Kier alpha value is -3.01. The van der Waals surface area contributed by atoms with Gasteiger partial charge in [-0.05, 0) is 42.5 Å². The maximum atomic E-state index is 10.5. The van der Waals surface area contributed by atoms with Crippen LogP contribution < -0.4 is 9.47 Å². The van der Waals surface area contributed by atoms with E-state index >= 15 is 0 Å². The molecule has 0 saturated carbocycles. The van der Waals surface area contributed by atoms with Gasteiger partial charge in [0.1, 0.15) is 17.2 Å². The Labute approximate surface area is 121 Å². The van der Waals surface area contributed by atoms with E-state index < -0.39 is 0 Å². The summed E-state index contributed by atoms with van der Waals surface area (Å²) in [7, 11) is 0. The molecule has 3 aromatic rings. The zero-order chi connectivity index (χ0) is 14.5. The van der Waals surface area contributed by atoms with Crippen molar-refractivity contribution < 1.29 is 18.7 Å². The first-order chi connectivity index (χ1) is 10.3. The summed E-state index contributed by atoms with van der Waals surface area (Å²) in [5, 5.41) is 0. The molecule has 0 atom stereocenters. The van der Waals surface area contributed by atoms with Gasteiger partial charge in [-0.25, -0.2) is 0 Å². The first-order valence-electron chi connectivity index (χ1n) is 6.39. The molecule has 3 rings (SSSR count). The van der Waals surface area contributed by atoms with Crippen molar-refractivity contribution in [2.75, 3.05) is 0 Å². The predicted octanol–water partition coefficient (Wildman–Crippen LogP) is 4.68. The van der Waals surface area contributed by atoms with Crippen molar-refractivity contribution in [1.29, 1.82) is 0 Å². The molecule has 0 spiro atoms. The van der Waals surface area contributed by atoms with Crippen LogP contribution in [-0.2, 0) is 0 Å². The van der Waals surface area contributed by atoms with Crippen LogP contribution >= 0.6 is 0 Å². The van der Waals surface area contributed by atoms with E-state index in [2.05, 4.69) is 0 Å². The normalized spacial score (nSPS) is 10.1. The van der Waals surface area contributed by atoms with Gasteiger partial charge in [0, 0.05) is 6.07 Å². The van der Waals surface area contributed by atoms with E-state index in [-0.39, 0.29) is 11.7 Å². The number of para-hydroxylation sites is 1. The van der Waals surface area contributed by atoms with Crippen LogP contribution in [0.1, 0.15) is 10.6 Å². The summed E-state index contributed by atoms with van der Waals surface area (Å²) in [6.45, 7) is 0. The topological polar surface area (TPSA) is 48.7 Å². The van der Waals surface area contributed by atoms with Crippen LogP contribution in [0.3, 0.4) is 0 Å². The molecule has 0 bridgehead atoms. The maximum absolute atomic E-state index is 10.5. The van der Waals surface area contributed by atoms with Crippen molar-refractivity contribution in [3.05, 3.63) is 72.5 Å². The van der Waals surface area contributed by atoms with E-state index in [0.29, 0.717) is 17.8 Å². The highest BCUT2D eigenvalue weighted by molar-refractivity contribution is 5.70. The Morgan fingerprint density at radius 3 is 1.95 bits per heavy atom. The van der Waals surface area contributed by atoms with Crippen molar-refractivity contribution in [2.24, 2.45) is 0 Å². The van der Waals surface area contributed by atoms with Crippen LogP contribution in [0.25, 0.3) is 0 Å².